The highest BCUT2D eigenvalue weighted by Crippen LogP contribution is 2.19. The van der Waals surface area contributed by atoms with Crippen molar-refractivity contribution < 1.29 is 24.5 Å². The Morgan fingerprint density at radius 3 is 2.31 bits per heavy atom. The lowest BCUT2D eigenvalue weighted by Gasteiger charge is -2.25. The second-order valence-corrected chi connectivity index (χ2v) is 7.29. The topological polar surface area (TPSA) is 108 Å². The number of nitrogens with one attached hydrogen (secondary N) is 2. The number of aliphatic hydroxyl groups is 2. The first-order valence-corrected chi connectivity index (χ1v) is 9.04. The van der Waals surface area contributed by atoms with Crippen LogP contribution in [-0.2, 0) is 9.53 Å². The lowest BCUT2D eigenvalue weighted by Crippen LogP contribution is -2.50. The number of alkyl carbamates (subject to hydrolysis) is 1. The fourth-order valence-electron chi connectivity index (χ4n) is 2.23. The predicted octanol–water partition coefficient (Wildman–Crippen LogP) is 1.41. The molecule has 0 saturated heterocycles. The molecule has 1 aromatic carbocycles. The Kier molecular flexibility index (Phi) is 8.91. The number of carbonyl (C=O) groups excluding carboxylic acids is 2. The molecule has 1 aromatic rings. The molecular weight excluding hydrogens is 356 g/mol. The number of carbonyl (C=O) groups is 2. The number of rotatable bonds is 8. The van der Waals surface area contributed by atoms with Gasteiger partial charge in [-0.15, -0.1) is 0 Å². The molecule has 146 valence electrons. The van der Waals surface area contributed by atoms with Crippen molar-refractivity contribution in [3.8, 4) is 0 Å². The molecule has 7 nitrogen and oxygen atoms in total. The third kappa shape index (κ3) is 8.07. The van der Waals surface area contributed by atoms with Crippen molar-refractivity contribution in [3.63, 3.8) is 0 Å². The van der Waals surface area contributed by atoms with Crippen LogP contribution < -0.4 is 10.6 Å². The smallest absolute Gasteiger partial charge is 0.408 e. The molecule has 0 aliphatic rings. The van der Waals surface area contributed by atoms with Crippen molar-refractivity contribution in [2.45, 2.75) is 51.0 Å². The van der Waals surface area contributed by atoms with Gasteiger partial charge in [0.15, 0.2) is 0 Å². The zero-order valence-corrected chi connectivity index (χ0v) is 16.2. The summed E-state index contributed by atoms with van der Waals surface area (Å²) in [4.78, 5) is 24.4. The van der Waals surface area contributed by atoms with Crippen LogP contribution >= 0.6 is 12.6 Å². The summed E-state index contributed by atoms with van der Waals surface area (Å²) >= 11 is 4.12. The van der Waals surface area contributed by atoms with Crippen molar-refractivity contribution in [1.29, 1.82) is 0 Å². The summed E-state index contributed by atoms with van der Waals surface area (Å²) < 4.78 is 5.15. The quantitative estimate of drug-likeness (QED) is 0.436. The zero-order chi connectivity index (χ0) is 19.7. The summed E-state index contributed by atoms with van der Waals surface area (Å²) in [6.45, 7) is 4.77. The molecule has 1 rings (SSSR count). The Bertz CT molecular complexity index is 577. The van der Waals surface area contributed by atoms with Crippen molar-refractivity contribution in [2.75, 3.05) is 12.4 Å². The van der Waals surface area contributed by atoms with E-state index in [9.17, 15) is 14.7 Å². The maximum Gasteiger partial charge on any atom is 0.408 e. The van der Waals surface area contributed by atoms with Gasteiger partial charge in [0, 0.05) is 5.75 Å². The summed E-state index contributed by atoms with van der Waals surface area (Å²) in [6, 6.07) is 7.67. The summed E-state index contributed by atoms with van der Waals surface area (Å²) in [6.07, 6.45) is -1.55. The van der Waals surface area contributed by atoms with Gasteiger partial charge >= 0.3 is 6.09 Å². The lowest BCUT2D eigenvalue weighted by atomic mass is 10.0. The van der Waals surface area contributed by atoms with Gasteiger partial charge in [-0.1, -0.05) is 30.3 Å². The number of thiol groups is 1. The first-order chi connectivity index (χ1) is 12.2. The molecule has 3 unspecified atom stereocenters. The maximum absolute atomic E-state index is 12.6. The van der Waals surface area contributed by atoms with E-state index in [-0.39, 0.29) is 12.2 Å². The number of benzene rings is 1. The van der Waals surface area contributed by atoms with E-state index in [0.717, 1.165) is 5.56 Å². The number of hydrogen-bond acceptors (Lipinski definition) is 6. The maximum atomic E-state index is 12.6. The molecule has 0 heterocycles. The van der Waals surface area contributed by atoms with Gasteiger partial charge < -0.3 is 25.6 Å². The average molecular weight is 384 g/mol. The fourth-order valence-corrected chi connectivity index (χ4v) is 2.48. The lowest BCUT2D eigenvalue weighted by molar-refractivity contribution is -0.123. The molecule has 0 saturated carbocycles. The molecule has 3 atom stereocenters. The second-order valence-electron chi connectivity index (χ2n) is 6.93. The van der Waals surface area contributed by atoms with E-state index in [1.807, 2.05) is 30.3 Å². The van der Waals surface area contributed by atoms with E-state index < -0.39 is 42.4 Å². The summed E-state index contributed by atoms with van der Waals surface area (Å²) in [7, 11) is 0. The van der Waals surface area contributed by atoms with Crippen LogP contribution in [0.5, 0.6) is 0 Å². The minimum absolute atomic E-state index is 0.0785. The molecule has 0 aliphatic carbocycles. The Balaban J connectivity index is 2.81. The molecule has 26 heavy (non-hydrogen) atoms. The van der Waals surface area contributed by atoms with Gasteiger partial charge in [0.1, 0.15) is 11.6 Å². The van der Waals surface area contributed by atoms with Crippen molar-refractivity contribution in [2.24, 2.45) is 0 Å². The Hall–Kier alpha value is -1.77. The van der Waals surface area contributed by atoms with Gasteiger partial charge in [0.2, 0.25) is 5.91 Å². The standard InChI is InChI=1S/C18H28N2O5S/c1-18(2,3)25-17(24)20-15(11-26)16(23)19-14(9-13(22)10-21)12-7-5-4-6-8-12/h4-8,13-15,21-22,26H,9-11H2,1-3H3,(H,19,23)(H,20,24). The third-order valence-corrected chi connectivity index (χ3v) is 3.79. The number of ether oxygens (including phenoxy) is 1. The molecule has 0 radical (unpaired) electrons. The zero-order valence-electron chi connectivity index (χ0n) is 15.3. The van der Waals surface area contributed by atoms with Crippen LogP contribution in [0.25, 0.3) is 0 Å². The van der Waals surface area contributed by atoms with Crippen LogP contribution in [0.1, 0.15) is 38.8 Å². The van der Waals surface area contributed by atoms with Crippen molar-refractivity contribution in [1.82, 2.24) is 10.6 Å². The molecule has 4 N–H and O–H groups in total. The average Bonchev–Trinajstić information content (AvgIpc) is 2.58. The number of hydrogen-bond donors (Lipinski definition) is 5. The molecule has 0 spiro atoms. The van der Waals surface area contributed by atoms with E-state index in [0.29, 0.717) is 0 Å². The number of aliphatic hydroxyl groups excluding tert-OH is 2. The van der Waals surface area contributed by atoms with Crippen molar-refractivity contribution in [3.05, 3.63) is 35.9 Å². The van der Waals surface area contributed by atoms with Crippen LogP contribution in [0.2, 0.25) is 0 Å². The van der Waals surface area contributed by atoms with Crippen LogP contribution in [0.4, 0.5) is 4.79 Å². The van der Waals surface area contributed by atoms with E-state index in [2.05, 4.69) is 23.3 Å². The molecule has 2 amide bonds. The Morgan fingerprint density at radius 1 is 1.19 bits per heavy atom. The fraction of sp³-hybridized carbons (Fsp3) is 0.556. The normalized spacial score (nSPS) is 14.8. The predicted molar refractivity (Wildman–Crippen MR) is 102 cm³/mol. The third-order valence-electron chi connectivity index (χ3n) is 3.43. The van der Waals surface area contributed by atoms with Crippen LogP contribution in [0.3, 0.4) is 0 Å². The van der Waals surface area contributed by atoms with Gasteiger partial charge in [-0.3, -0.25) is 4.79 Å². The SMILES string of the molecule is CC(C)(C)OC(=O)NC(CS)C(=O)NC(CC(O)CO)c1ccccc1. The Labute approximate surface area is 159 Å². The Morgan fingerprint density at radius 2 is 1.81 bits per heavy atom. The summed E-state index contributed by atoms with van der Waals surface area (Å²) in [5.74, 6) is -0.375. The monoisotopic (exact) mass is 384 g/mol. The van der Waals surface area contributed by atoms with Crippen LogP contribution in [0, 0.1) is 0 Å². The highest BCUT2D eigenvalue weighted by atomic mass is 32.1. The summed E-state index contributed by atoms with van der Waals surface area (Å²) in [5, 5.41) is 24.1. The first-order valence-electron chi connectivity index (χ1n) is 8.41. The largest absolute Gasteiger partial charge is 0.444 e. The first kappa shape index (κ1) is 22.3. The minimum atomic E-state index is -0.978. The highest BCUT2D eigenvalue weighted by Gasteiger charge is 2.26. The molecule has 0 bridgehead atoms. The number of amides is 2. The van der Waals surface area contributed by atoms with E-state index in [4.69, 9.17) is 9.84 Å². The van der Waals surface area contributed by atoms with E-state index >= 15 is 0 Å². The molecule has 0 fully saturated rings. The molecular formula is C18H28N2O5S. The van der Waals surface area contributed by atoms with Crippen LogP contribution in [-0.4, -0.2) is 52.3 Å². The van der Waals surface area contributed by atoms with E-state index in [1.165, 1.54) is 0 Å². The van der Waals surface area contributed by atoms with E-state index in [1.54, 1.807) is 20.8 Å². The van der Waals surface area contributed by atoms with Gasteiger partial charge in [-0.2, -0.15) is 12.6 Å². The minimum Gasteiger partial charge on any atom is -0.444 e. The van der Waals surface area contributed by atoms with Gasteiger partial charge in [-0.25, -0.2) is 4.79 Å². The molecule has 0 aliphatic heterocycles. The van der Waals surface area contributed by atoms with Crippen LogP contribution in [0.15, 0.2) is 30.3 Å². The summed E-state index contributed by atoms with van der Waals surface area (Å²) in [5.41, 5.74) is 0.100. The van der Waals surface area contributed by atoms with Gasteiger partial charge in [0.05, 0.1) is 18.8 Å². The van der Waals surface area contributed by atoms with Crippen molar-refractivity contribution >= 4 is 24.6 Å². The second kappa shape index (κ2) is 10.4. The van der Waals surface area contributed by atoms with Gasteiger partial charge in [0.25, 0.3) is 0 Å². The highest BCUT2D eigenvalue weighted by molar-refractivity contribution is 7.80. The molecule has 0 aromatic heterocycles. The molecule has 8 heteroatoms. The van der Waals surface area contributed by atoms with Gasteiger partial charge in [-0.05, 0) is 32.8 Å².